The molecule has 2 N–H and O–H groups in total. The average molecular weight is 206 g/mol. The molecule has 1 aromatic rings. The largest absolute Gasteiger partial charge is 0.357 e. The van der Waals surface area contributed by atoms with E-state index in [0.29, 0.717) is 5.92 Å². The Labute approximate surface area is 90.5 Å². The number of hydrogen-bond acceptors (Lipinski definition) is 4. The molecule has 0 aliphatic heterocycles. The first-order valence-corrected chi connectivity index (χ1v) is 5.47. The fraction of sp³-hybridized carbons (Fsp3) is 0.636. The zero-order valence-electron chi connectivity index (χ0n) is 9.35. The Morgan fingerprint density at radius 3 is 2.67 bits per heavy atom. The number of aromatic nitrogens is 2. The highest BCUT2D eigenvalue weighted by atomic mass is 15.2. The van der Waals surface area contributed by atoms with Crippen molar-refractivity contribution in [1.82, 2.24) is 10.2 Å². The number of hydrogen-bond donors (Lipinski definition) is 1. The third-order valence-corrected chi connectivity index (χ3v) is 2.62. The van der Waals surface area contributed by atoms with Crippen molar-refractivity contribution in [3.8, 4) is 0 Å². The molecule has 82 valence electrons. The molecule has 1 unspecified atom stereocenters. The highest BCUT2D eigenvalue weighted by Crippen LogP contribution is 2.38. The van der Waals surface area contributed by atoms with Crippen LogP contribution in [0.3, 0.4) is 0 Å². The van der Waals surface area contributed by atoms with Crippen LogP contribution in [0.15, 0.2) is 12.1 Å². The number of anilines is 1. The quantitative estimate of drug-likeness (QED) is 0.802. The van der Waals surface area contributed by atoms with Gasteiger partial charge in [-0.3, -0.25) is 0 Å². The molecule has 4 nitrogen and oxygen atoms in total. The second kappa shape index (κ2) is 4.14. The summed E-state index contributed by atoms with van der Waals surface area (Å²) in [7, 11) is 1.99. The van der Waals surface area contributed by atoms with Gasteiger partial charge in [0, 0.05) is 25.6 Å². The molecule has 0 saturated heterocycles. The number of nitrogens with two attached hydrogens (primary N) is 1. The lowest BCUT2D eigenvalue weighted by molar-refractivity contribution is 0.705. The van der Waals surface area contributed by atoms with Gasteiger partial charge in [0.2, 0.25) is 0 Å². The first-order chi connectivity index (χ1) is 7.16. The Bertz CT molecular complexity index is 316. The smallest absolute Gasteiger partial charge is 0.151 e. The molecule has 0 radical (unpaired) electrons. The maximum absolute atomic E-state index is 5.73. The molecule has 1 saturated carbocycles. The van der Waals surface area contributed by atoms with Crippen molar-refractivity contribution in [3.63, 3.8) is 0 Å². The summed E-state index contributed by atoms with van der Waals surface area (Å²) < 4.78 is 0. The SMILES string of the molecule is CC(N)CN(C)c1ccc(C2CC2)nn1. The second-order valence-electron chi connectivity index (χ2n) is 4.45. The van der Waals surface area contributed by atoms with E-state index in [-0.39, 0.29) is 6.04 Å². The molecule has 1 fully saturated rings. The predicted octanol–water partition coefficient (Wildman–Crippen LogP) is 1.14. The molecule has 0 amide bonds. The van der Waals surface area contributed by atoms with Crippen molar-refractivity contribution in [2.45, 2.75) is 31.7 Å². The van der Waals surface area contributed by atoms with Gasteiger partial charge in [0.05, 0.1) is 5.69 Å². The lowest BCUT2D eigenvalue weighted by Crippen LogP contribution is -2.33. The Morgan fingerprint density at radius 1 is 1.47 bits per heavy atom. The molecular formula is C11H18N4. The molecule has 0 bridgehead atoms. The summed E-state index contributed by atoms with van der Waals surface area (Å²) in [5.41, 5.74) is 6.86. The topological polar surface area (TPSA) is 55.0 Å². The predicted molar refractivity (Wildman–Crippen MR) is 60.9 cm³/mol. The van der Waals surface area contributed by atoms with Crippen LogP contribution in [0.1, 0.15) is 31.4 Å². The minimum Gasteiger partial charge on any atom is -0.357 e. The van der Waals surface area contributed by atoms with Gasteiger partial charge in [-0.1, -0.05) is 0 Å². The fourth-order valence-electron chi connectivity index (χ4n) is 1.66. The van der Waals surface area contributed by atoms with Crippen LogP contribution in [-0.4, -0.2) is 29.8 Å². The Hall–Kier alpha value is -1.16. The lowest BCUT2D eigenvalue weighted by Gasteiger charge is -2.19. The van der Waals surface area contributed by atoms with E-state index in [2.05, 4.69) is 16.3 Å². The van der Waals surface area contributed by atoms with Crippen LogP contribution >= 0.6 is 0 Å². The number of rotatable bonds is 4. The van der Waals surface area contributed by atoms with Crippen LogP contribution < -0.4 is 10.6 Å². The van der Waals surface area contributed by atoms with Crippen molar-refractivity contribution in [3.05, 3.63) is 17.8 Å². The van der Waals surface area contributed by atoms with E-state index in [1.807, 2.05) is 24.9 Å². The van der Waals surface area contributed by atoms with Gasteiger partial charge >= 0.3 is 0 Å². The van der Waals surface area contributed by atoms with Crippen LogP contribution in [0.2, 0.25) is 0 Å². The summed E-state index contributed by atoms with van der Waals surface area (Å²) >= 11 is 0. The van der Waals surface area contributed by atoms with Gasteiger partial charge in [0.1, 0.15) is 0 Å². The fourth-order valence-corrected chi connectivity index (χ4v) is 1.66. The van der Waals surface area contributed by atoms with Gasteiger partial charge in [-0.15, -0.1) is 5.10 Å². The van der Waals surface area contributed by atoms with Crippen molar-refractivity contribution < 1.29 is 0 Å². The molecule has 1 aromatic heterocycles. The van der Waals surface area contributed by atoms with E-state index >= 15 is 0 Å². The van der Waals surface area contributed by atoms with Gasteiger partial charge in [-0.05, 0) is 31.9 Å². The van der Waals surface area contributed by atoms with Gasteiger partial charge < -0.3 is 10.6 Å². The Balaban J connectivity index is 2.02. The molecule has 1 atom stereocenters. The van der Waals surface area contributed by atoms with E-state index in [1.165, 1.54) is 12.8 Å². The first kappa shape index (κ1) is 10.4. The summed E-state index contributed by atoms with van der Waals surface area (Å²) in [6, 6.07) is 4.26. The molecule has 0 spiro atoms. The van der Waals surface area contributed by atoms with E-state index in [9.17, 15) is 0 Å². The average Bonchev–Trinajstić information content (AvgIpc) is 3.00. The summed E-state index contributed by atoms with van der Waals surface area (Å²) in [6.07, 6.45) is 2.54. The maximum Gasteiger partial charge on any atom is 0.151 e. The minimum absolute atomic E-state index is 0.153. The van der Waals surface area contributed by atoms with E-state index < -0.39 is 0 Å². The molecular weight excluding hydrogens is 188 g/mol. The van der Waals surface area contributed by atoms with Crippen molar-refractivity contribution in [2.75, 3.05) is 18.5 Å². The number of nitrogens with zero attached hydrogens (tertiary/aromatic N) is 3. The normalized spacial score (nSPS) is 17.5. The lowest BCUT2D eigenvalue weighted by atomic mass is 10.2. The minimum atomic E-state index is 0.153. The first-order valence-electron chi connectivity index (χ1n) is 5.47. The highest BCUT2D eigenvalue weighted by Gasteiger charge is 2.25. The third kappa shape index (κ3) is 2.65. The van der Waals surface area contributed by atoms with Gasteiger partial charge in [-0.25, -0.2) is 0 Å². The van der Waals surface area contributed by atoms with Gasteiger partial charge in [0.25, 0.3) is 0 Å². The summed E-state index contributed by atoms with van der Waals surface area (Å²) in [5, 5.41) is 8.45. The molecule has 0 aromatic carbocycles. The zero-order chi connectivity index (χ0) is 10.8. The Morgan fingerprint density at radius 2 is 2.20 bits per heavy atom. The zero-order valence-corrected chi connectivity index (χ0v) is 9.35. The summed E-state index contributed by atoms with van der Waals surface area (Å²) in [4.78, 5) is 2.04. The van der Waals surface area contributed by atoms with Crippen LogP contribution in [0.5, 0.6) is 0 Å². The van der Waals surface area contributed by atoms with Crippen LogP contribution in [0, 0.1) is 0 Å². The second-order valence-corrected chi connectivity index (χ2v) is 4.45. The number of likely N-dealkylation sites (N-methyl/N-ethyl adjacent to an activating group) is 1. The van der Waals surface area contributed by atoms with Crippen LogP contribution in [0.25, 0.3) is 0 Å². The monoisotopic (exact) mass is 206 g/mol. The molecule has 1 heterocycles. The van der Waals surface area contributed by atoms with Crippen LogP contribution in [-0.2, 0) is 0 Å². The van der Waals surface area contributed by atoms with Crippen molar-refractivity contribution in [2.24, 2.45) is 5.73 Å². The molecule has 1 aliphatic rings. The van der Waals surface area contributed by atoms with Crippen molar-refractivity contribution >= 4 is 5.82 Å². The van der Waals surface area contributed by atoms with E-state index in [0.717, 1.165) is 18.1 Å². The summed E-state index contributed by atoms with van der Waals surface area (Å²) in [5.74, 6) is 1.57. The third-order valence-electron chi connectivity index (χ3n) is 2.62. The molecule has 15 heavy (non-hydrogen) atoms. The van der Waals surface area contributed by atoms with E-state index in [4.69, 9.17) is 5.73 Å². The van der Waals surface area contributed by atoms with Crippen LogP contribution in [0.4, 0.5) is 5.82 Å². The molecule has 1 aliphatic carbocycles. The molecule has 4 heteroatoms. The van der Waals surface area contributed by atoms with Gasteiger partial charge in [0.15, 0.2) is 5.82 Å². The summed E-state index contributed by atoms with van der Waals surface area (Å²) in [6.45, 7) is 2.79. The maximum atomic E-state index is 5.73. The van der Waals surface area contributed by atoms with Crippen molar-refractivity contribution in [1.29, 1.82) is 0 Å². The standard InChI is InChI=1S/C11H18N4/c1-8(12)7-15(2)11-6-5-10(13-14-11)9-3-4-9/h5-6,8-9H,3-4,7,12H2,1-2H3. The Kier molecular flexibility index (Phi) is 2.86. The highest BCUT2D eigenvalue weighted by molar-refractivity contribution is 5.37. The van der Waals surface area contributed by atoms with E-state index in [1.54, 1.807) is 0 Å². The van der Waals surface area contributed by atoms with Gasteiger partial charge in [-0.2, -0.15) is 5.10 Å². The molecule has 2 rings (SSSR count).